The lowest BCUT2D eigenvalue weighted by atomic mass is 10.0. The van der Waals surface area contributed by atoms with Gasteiger partial charge in [0.1, 0.15) is 23.7 Å². The van der Waals surface area contributed by atoms with E-state index < -0.39 is 35.6 Å². The predicted molar refractivity (Wildman–Crippen MR) is 157 cm³/mol. The zero-order valence-corrected chi connectivity index (χ0v) is 23.1. The first kappa shape index (κ1) is 32.5. The fourth-order valence-corrected chi connectivity index (χ4v) is 4.06. The Morgan fingerprint density at radius 2 is 1.34 bits per heavy atom. The van der Waals surface area contributed by atoms with E-state index in [1.807, 2.05) is 18.2 Å². The molecule has 4 rings (SSSR count). The van der Waals surface area contributed by atoms with Crippen LogP contribution in [0.3, 0.4) is 0 Å². The SMILES string of the molecule is Cc1ccc(F)c(CN(C(=O)c2ccccc2O)[C@@H](C(N)=O)c2ccccc2)c1.Cl.NC(=O)[C@H](N)c1ccccc1. The number of nitrogens with two attached hydrogens (primary N) is 3. The van der Waals surface area contributed by atoms with Crippen molar-refractivity contribution in [3.63, 3.8) is 0 Å². The number of carbonyl (C=O) groups excluding carboxylic acids is 3. The van der Waals surface area contributed by atoms with Crippen LogP contribution >= 0.6 is 12.4 Å². The van der Waals surface area contributed by atoms with Gasteiger partial charge in [0.2, 0.25) is 11.8 Å². The summed E-state index contributed by atoms with van der Waals surface area (Å²) < 4.78 is 14.4. The van der Waals surface area contributed by atoms with Crippen LogP contribution in [0.15, 0.2) is 103 Å². The number of para-hydroxylation sites is 1. The maximum absolute atomic E-state index is 14.4. The van der Waals surface area contributed by atoms with E-state index in [1.54, 1.807) is 73.7 Å². The lowest BCUT2D eigenvalue weighted by Crippen LogP contribution is -2.41. The van der Waals surface area contributed by atoms with Gasteiger partial charge in [-0.1, -0.05) is 90.5 Å². The molecule has 0 unspecified atom stereocenters. The molecule has 2 atom stereocenters. The van der Waals surface area contributed by atoms with Gasteiger partial charge in [0.05, 0.1) is 12.1 Å². The molecule has 0 bridgehead atoms. The summed E-state index contributed by atoms with van der Waals surface area (Å²) in [5, 5.41) is 10.1. The maximum Gasteiger partial charge on any atom is 0.258 e. The fourth-order valence-electron chi connectivity index (χ4n) is 4.06. The second kappa shape index (κ2) is 15.2. The average molecular weight is 579 g/mol. The molecule has 8 nitrogen and oxygen atoms in total. The second-order valence-corrected chi connectivity index (χ2v) is 9.05. The average Bonchev–Trinajstić information content (AvgIpc) is 2.95. The zero-order chi connectivity index (χ0) is 29.2. The number of hydrogen-bond donors (Lipinski definition) is 4. The number of rotatable bonds is 8. The Morgan fingerprint density at radius 3 is 1.88 bits per heavy atom. The molecule has 214 valence electrons. The van der Waals surface area contributed by atoms with E-state index in [1.165, 1.54) is 23.1 Å². The molecule has 0 saturated carbocycles. The van der Waals surface area contributed by atoms with Gasteiger partial charge in [0, 0.05) is 5.56 Å². The molecule has 0 aliphatic rings. The number of aromatic hydroxyl groups is 1. The number of nitrogens with zero attached hydrogens (tertiary/aromatic N) is 1. The van der Waals surface area contributed by atoms with Crippen LogP contribution in [-0.4, -0.2) is 27.7 Å². The van der Waals surface area contributed by atoms with Gasteiger partial charge in [-0.15, -0.1) is 12.4 Å². The van der Waals surface area contributed by atoms with Gasteiger partial charge in [-0.05, 0) is 36.2 Å². The van der Waals surface area contributed by atoms with Gasteiger partial charge < -0.3 is 27.2 Å². The van der Waals surface area contributed by atoms with Gasteiger partial charge in [0.25, 0.3) is 5.91 Å². The molecular formula is C31H32ClFN4O4. The number of phenols is 1. The third-order valence-electron chi connectivity index (χ3n) is 6.10. The van der Waals surface area contributed by atoms with Crippen molar-refractivity contribution < 1.29 is 23.9 Å². The van der Waals surface area contributed by atoms with Gasteiger partial charge in [0.15, 0.2) is 0 Å². The van der Waals surface area contributed by atoms with Crippen LogP contribution in [-0.2, 0) is 16.1 Å². The highest BCUT2D eigenvalue weighted by Gasteiger charge is 2.32. The van der Waals surface area contributed by atoms with Gasteiger partial charge in [-0.25, -0.2) is 4.39 Å². The lowest BCUT2D eigenvalue weighted by Gasteiger charge is -2.30. The number of phenolic OH excluding ortho intramolecular Hbond substituents is 1. The molecule has 0 aromatic heterocycles. The minimum atomic E-state index is -1.14. The smallest absolute Gasteiger partial charge is 0.258 e. The van der Waals surface area contributed by atoms with Crippen molar-refractivity contribution in [2.24, 2.45) is 17.2 Å². The highest BCUT2D eigenvalue weighted by atomic mass is 35.5. The molecule has 3 amide bonds. The molecule has 7 N–H and O–H groups in total. The van der Waals surface area contributed by atoms with Crippen LogP contribution in [0.5, 0.6) is 5.75 Å². The Balaban J connectivity index is 0.000000413. The zero-order valence-electron chi connectivity index (χ0n) is 22.3. The number of hydrogen-bond acceptors (Lipinski definition) is 5. The Hall–Kier alpha value is -4.73. The van der Waals surface area contributed by atoms with Gasteiger partial charge >= 0.3 is 0 Å². The summed E-state index contributed by atoms with van der Waals surface area (Å²) in [5.41, 5.74) is 18.4. The first-order chi connectivity index (χ1) is 19.1. The number of benzene rings is 4. The predicted octanol–water partition coefficient (Wildman–Crippen LogP) is 4.30. The molecule has 4 aromatic rings. The number of amides is 3. The maximum atomic E-state index is 14.4. The van der Waals surface area contributed by atoms with E-state index in [9.17, 15) is 23.9 Å². The van der Waals surface area contributed by atoms with E-state index in [0.717, 1.165) is 11.1 Å². The standard InChI is InChI=1S/C23H21FN2O3.C8H10N2O.ClH/c1-15-11-12-19(24)17(13-15)14-26(23(29)18-9-5-6-10-20(18)27)21(22(25)28)16-7-3-2-4-8-16;9-7(8(10)11)6-4-2-1-3-5-6;/h2-13,21,27H,14H2,1H3,(H2,25,28);1-5,7H,9H2,(H2,10,11);1H/t21-;7-;/m11./s1. The van der Waals surface area contributed by atoms with Crippen LogP contribution < -0.4 is 17.2 Å². The summed E-state index contributed by atoms with van der Waals surface area (Å²) in [6, 6.07) is 26.3. The molecule has 0 heterocycles. The first-order valence-electron chi connectivity index (χ1n) is 12.4. The Kier molecular flexibility index (Phi) is 12.0. The summed E-state index contributed by atoms with van der Waals surface area (Å²) in [6.45, 7) is 1.62. The Labute approximate surface area is 244 Å². The van der Waals surface area contributed by atoms with E-state index in [-0.39, 0.29) is 35.8 Å². The first-order valence-corrected chi connectivity index (χ1v) is 12.4. The summed E-state index contributed by atoms with van der Waals surface area (Å²) in [4.78, 5) is 37.5. The van der Waals surface area contributed by atoms with Crippen molar-refractivity contribution in [2.75, 3.05) is 0 Å². The molecule has 0 fully saturated rings. The van der Waals surface area contributed by atoms with E-state index >= 15 is 0 Å². The van der Waals surface area contributed by atoms with E-state index in [2.05, 4.69) is 0 Å². The minimum absolute atomic E-state index is 0. The van der Waals surface area contributed by atoms with E-state index in [0.29, 0.717) is 5.56 Å². The van der Waals surface area contributed by atoms with Crippen LogP contribution in [0.25, 0.3) is 0 Å². The molecule has 4 aromatic carbocycles. The van der Waals surface area contributed by atoms with Gasteiger partial charge in [-0.2, -0.15) is 0 Å². The third kappa shape index (κ3) is 8.63. The number of aryl methyl sites for hydroxylation is 1. The highest BCUT2D eigenvalue weighted by Crippen LogP contribution is 2.28. The van der Waals surface area contributed by atoms with Crippen molar-refractivity contribution in [2.45, 2.75) is 25.6 Å². The van der Waals surface area contributed by atoms with Crippen LogP contribution in [0.1, 0.15) is 44.7 Å². The Morgan fingerprint density at radius 1 is 0.805 bits per heavy atom. The third-order valence-corrected chi connectivity index (χ3v) is 6.10. The fraction of sp³-hybridized carbons (Fsp3) is 0.129. The summed E-state index contributed by atoms with van der Waals surface area (Å²) in [6.07, 6.45) is 0. The van der Waals surface area contributed by atoms with Crippen molar-refractivity contribution in [1.82, 2.24) is 4.90 Å². The van der Waals surface area contributed by atoms with Crippen LogP contribution in [0, 0.1) is 12.7 Å². The molecule has 0 saturated heterocycles. The lowest BCUT2D eigenvalue weighted by molar-refractivity contribution is -0.123. The van der Waals surface area contributed by atoms with Crippen molar-refractivity contribution >= 4 is 30.1 Å². The summed E-state index contributed by atoms with van der Waals surface area (Å²) in [5.74, 6) is -2.62. The monoisotopic (exact) mass is 578 g/mol. The largest absolute Gasteiger partial charge is 0.507 e. The molecular weight excluding hydrogens is 547 g/mol. The van der Waals surface area contributed by atoms with Gasteiger partial charge in [-0.3, -0.25) is 14.4 Å². The molecule has 41 heavy (non-hydrogen) atoms. The quantitative estimate of drug-likeness (QED) is 0.245. The topological polar surface area (TPSA) is 153 Å². The normalized spacial score (nSPS) is 11.6. The minimum Gasteiger partial charge on any atom is -0.507 e. The number of halogens is 2. The molecule has 0 aliphatic heterocycles. The number of primary amides is 2. The van der Waals surface area contributed by atoms with Crippen LogP contribution in [0.4, 0.5) is 4.39 Å². The summed E-state index contributed by atoms with van der Waals surface area (Å²) in [7, 11) is 0. The number of carbonyl (C=O) groups is 3. The summed E-state index contributed by atoms with van der Waals surface area (Å²) >= 11 is 0. The molecule has 0 spiro atoms. The highest BCUT2D eigenvalue weighted by molar-refractivity contribution is 5.99. The van der Waals surface area contributed by atoms with Crippen molar-refractivity contribution in [3.8, 4) is 5.75 Å². The van der Waals surface area contributed by atoms with Crippen molar-refractivity contribution in [3.05, 3.63) is 137 Å². The van der Waals surface area contributed by atoms with Crippen molar-refractivity contribution in [1.29, 1.82) is 0 Å². The molecule has 10 heteroatoms. The van der Waals surface area contributed by atoms with E-state index in [4.69, 9.17) is 17.2 Å². The van der Waals surface area contributed by atoms with Crippen LogP contribution in [0.2, 0.25) is 0 Å². The Bertz CT molecular complexity index is 1470. The molecule has 0 radical (unpaired) electrons. The molecule has 0 aliphatic carbocycles. The second-order valence-electron chi connectivity index (χ2n) is 9.05.